The zero-order valence-corrected chi connectivity index (χ0v) is 32.3. The molecule has 308 valence electrons. The molecule has 3 aliphatic heterocycles. The molecule has 9 rings (SSSR count). The number of aromatic nitrogens is 7. The highest BCUT2D eigenvalue weighted by atomic mass is 19.3. The Morgan fingerprint density at radius 2 is 1.78 bits per heavy atom. The second-order valence-electron chi connectivity index (χ2n) is 15.3. The fraction of sp³-hybridized carbons (Fsp3) is 0.400. The number of carbonyl (C=O) groups is 1. The lowest BCUT2D eigenvalue weighted by Gasteiger charge is -2.38. The van der Waals surface area contributed by atoms with Crippen molar-refractivity contribution in [3.8, 4) is 23.0 Å². The minimum absolute atomic E-state index is 0.0613. The molecular formula is C40H40F5N11O3. The van der Waals surface area contributed by atoms with Gasteiger partial charge in [-0.15, -0.1) is 0 Å². The summed E-state index contributed by atoms with van der Waals surface area (Å²) in [7, 11) is 3.27. The van der Waals surface area contributed by atoms with Crippen molar-refractivity contribution in [3.05, 3.63) is 78.0 Å². The number of halogens is 5. The summed E-state index contributed by atoms with van der Waals surface area (Å²) in [5.41, 5.74) is 2.32. The Labute approximate surface area is 334 Å². The highest BCUT2D eigenvalue weighted by Crippen LogP contribution is 2.36. The second-order valence-corrected chi connectivity index (χ2v) is 15.3. The van der Waals surface area contributed by atoms with Crippen LogP contribution in [0.2, 0.25) is 0 Å². The summed E-state index contributed by atoms with van der Waals surface area (Å²) in [4.78, 5) is 38.7. The number of hydrogen-bond donors (Lipinski definition) is 1. The Hall–Kier alpha value is -5.95. The first-order valence-corrected chi connectivity index (χ1v) is 19.2. The summed E-state index contributed by atoms with van der Waals surface area (Å²) >= 11 is 0. The molecule has 3 atom stereocenters. The molecule has 0 spiro atoms. The standard InChI is InChI=1S/C40H40F5N11O3/c1-21-47-31-11-24(42)9-27-30-5-4-6-35(49-30)48-25-12-33(39(57)52(2)17-26(58-3)18-54(21)36(27)31)55(16-25)37-28-13-46-56(32-8-7-23(41)10-29(32)43)38(28)51-40(50-37)59-20-22-14-53(15-22)19-34(44)45/h4-11,13,22,25-26,33-34H,12,14-20H2,1-3H3,(H,48,49)/t25-,26-,33-/m0/s1. The number of hydrogen-bond acceptors (Lipinski definition) is 11. The zero-order valence-electron chi connectivity index (χ0n) is 32.3. The first-order valence-electron chi connectivity index (χ1n) is 19.2. The molecule has 0 unspecified atom stereocenters. The molecule has 6 aromatic rings. The van der Waals surface area contributed by atoms with Crippen molar-refractivity contribution >= 4 is 39.6 Å². The van der Waals surface area contributed by atoms with Gasteiger partial charge in [-0.2, -0.15) is 15.1 Å². The van der Waals surface area contributed by atoms with E-state index >= 15 is 8.78 Å². The first-order chi connectivity index (χ1) is 28.4. The van der Waals surface area contributed by atoms with Crippen LogP contribution in [0.1, 0.15) is 12.2 Å². The van der Waals surface area contributed by atoms with Crippen LogP contribution in [-0.4, -0.2) is 128 Å². The zero-order chi connectivity index (χ0) is 41.1. The molecule has 3 aliphatic rings. The molecule has 14 nitrogen and oxygen atoms in total. The van der Waals surface area contributed by atoms with E-state index in [1.807, 2.05) is 22.5 Å². The number of anilines is 2. The molecular weight excluding hydrogens is 778 g/mol. The van der Waals surface area contributed by atoms with Gasteiger partial charge in [-0.3, -0.25) is 9.69 Å². The third-order valence-corrected chi connectivity index (χ3v) is 11.2. The fourth-order valence-corrected chi connectivity index (χ4v) is 8.42. The maximum absolute atomic E-state index is 15.2. The van der Waals surface area contributed by atoms with Gasteiger partial charge in [0.25, 0.3) is 6.43 Å². The predicted octanol–water partition coefficient (Wildman–Crippen LogP) is 5.08. The lowest BCUT2D eigenvalue weighted by molar-refractivity contribution is -0.132. The number of alkyl halides is 2. The van der Waals surface area contributed by atoms with E-state index in [-0.39, 0.29) is 67.3 Å². The van der Waals surface area contributed by atoms with Crippen molar-refractivity contribution in [2.24, 2.45) is 5.92 Å². The van der Waals surface area contributed by atoms with Crippen LogP contribution in [0.15, 0.2) is 54.7 Å². The normalized spacial score (nSPS) is 20.3. The lowest BCUT2D eigenvalue weighted by atomic mass is 10.0. The minimum Gasteiger partial charge on any atom is -0.463 e. The Bertz CT molecular complexity index is 2560. The largest absolute Gasteiger partial charge is 0.463 e. The first kappa shape index (κ1) is 38.6. The average molecular weight is 818 g/mol. The van der Waals surface area contributed by atoms with Crippen molar-refractivity contribution in [2.45, 2.75) is 44.5 Å². The topological polar surface area (TPSA) is 132 Å². The van der Waals surface area contributed by atoms with E-state index in [2.05, 4.69) is 20.4 Å². The summed E-state index contributed by atoms with van der Waals surface area (Å²) in [5, 5.41) is 8.29. The highest BCUT2D eigenvalue weighted by molar-refractivity contribution is 5.94. The van der Waals surface area contributed by atoms with E-state index in [0.29, 0.717) is 65.4 Å². The number of aryl methyl sites for hydroxylation is 1. The van der Waals surface area contributed by atoms with Gasteiger partial charge in [0.1, 0.15) is 40.8 Å². The number of benzene rings is 2. The fourth-order valence-electron chi connectivity index (χ4n) is 8.42. The van der Waals surface area contributed by atoms with E-state index < -0.39 is 36.0 Å². The van der Waals surface area contributed by atoms with Crippen LogP contribution in [0.25, 0.3) is 39.0 Å². The number of likely N-dealkylation sites (tertiary alicyclic amines) is 1. The van der Waals surface area contributed by atoms with Crippen molar-refractivity contribution in [1.82, 2.24) is 44.1 Å². The monoisotopic (exact) mass is 817 g/mol. The lowest BCUT2D eigenvalue weighted by Crippen LogP contribution is -2.50. The Morgan fingerprint density at radius 3 is 2.56 bits per heavy atom. The van der Waals surface area contributed by atoms with Gasteiger partial charge < -0.3 is 29.2 Å². The van der Waals surface area contributed by atoms with Crippen LogP contribution in [0.5, 0.6) is 6.01 Å². The minimum atomic E-state index is -2.45. The van der Waals surface area contributed by atoms with Gasteiger partial charge in [-0.25, -0.2) is 36.6 Å². The summed E-state index contributed by atoms with van der Waals surface area (Å²) in [5.74, 6) is -0.969. The van der Waals surface area contributed by atoms with Gasteiger partial charge in [0.2, 0.25) is 5.91 Å². The van der Waals surface area contributed by atoms with Crippen LogP contribution < -0.4 is 15.0 Å². The maximum Gasteiger partial charge on any atom is 0.320 e. The van der Waals surface area contributed by atoms with Crippen LogP contribution in [0, 0.1) is 30.3 Å². The van der Waals surface area contributed by atoms with E-state index in [1.165, 1.54) is 29.1 Å². The molecule has 19 heteroatoms. The van der Waals surface area contributed by atoms with E-state index in [0.717, 1.165) is 12.1 Å². The van der Waals surface area contributed by atoms with Crippen molar-refractivity contribution < 1.29 is 36.2 Å². The molecule has 4 aromatic heterocycles. The van der Waals surface area contributed by atoms with Gasteiger partial charge >= 0.3 is 6.01 Å². The number of carbonyl (C=O) groups excluding carboxylic acids is 1. The molecule has 0 saturated carbocycles. The predicted molar refractivity (Wildman–Crippen MR) is 207 cm³/mol. The average Bonchev–Trinajstić information content (AvgIpc) is 3.89. The van der Waals surface area contributed by atoms with Gasteiger partial charge in [-0.1, -0.05) is 6.07 Å². The van der Waals surface area contributed by atoms with Crippen molar-refractivity contribution in [1.29, 1.82) is 0 Å². The number of pyridine rings is 1. The molecule has 2 fully saturated rings. The molecule has 1 amide bonds. The summed E-state index contributed by atoms with van der Waals surface area (Å²) in [6.07, 6.45) is -1.18. The number of fused-ring (bicyclic) bond motifs is 6. The second kappa shape index (κ2) is 15.3. The van der Waals surface area contributed by atoms with E-state index in [9.17, 15) is 18.0 Å². The number of amides is 1. The third-order valence-electron chi connectivity index (χ3n) is 11.2. The summed E-state index contributed by atoms with van der Waals surface area (Å²) in [6, 6.07) is 10.1. The van der Waals surface area contributed by atoms with Crippen molar-refractivity contribution in [3.63, 3.8) is 0 Å². The van der Waals surface area contributed by atoms with Crippen LogP contribution in [0.4, 0.5) is 33.6 Å². The molecule has 59 heavy (non-hydrogen) atoms. The molecule has 7 heterocycles. The van der Waals surface area contributed by atoms with Crippen LogP contribution in [-0.2, 0) is 16.1 Å². The number of nitrogens with zero attached hydrogens (tertiary/aromatic N) is 10. The maximum atomic E-state index is 15.2. The Morgan fingerprint density at radius 1 is 0.949 bits per heavy atom. The Balaban J connectivity index is 1.12. The quantitative estimate of drug-likeness (QED) is 0.207. The van der Waals surface area contributed by atoms with Gasteiger partial charge in [0.15, 0.2) is 11.5 Å². The SMILES string of the molecule is CO[C@H]1CN(C)C(=O)[C@@H]2C[C@@H](CN2c2nc(OCC3CN(CC(F)F)C3)nc3c2cnn3-c2ccc(F)cc2F)Nc2cccc(n2)-c2cc(F)cc3nc(C)n(c23)C1. The number of methoxy groups -OCH3 is 1. The van der Waals surface area contributed by atoms with E-state index in [1.54, 1.807) is 36.1 Å². The molecule has 2 saturated heterocycles. The van der Waals surface area contributed by atoms with Gasteiger partial charge in [0.05, 0.1) is 54.1 Å². The van der Waals surface area contributed by atoms with E-state index in [4.69, 9.17) is 19.4 Å². The Kier molecular flexibility index (Phi) is 10.0. The molecule has 2 aromatic carbocycles. The van der Waals surface area contributed by atoms with Crippen LogP contribution >= 0.6 is 0 Å². The van der Waals surface area contributed by atoms with Gasteiger partial charge in [0, 0.05) is 70.0 Å². The number of imidazole rings is 1. The third kappa shape index (κ3) is 7.37. The number of rotatable bonds is 8. The summed E-state index contributed by atoms with van der Waals surface area (Å²) in [6.45, 7) is 3.18. The number of likely N-dealkylation sites (N-methyl/N-ethyl adjacent to an activating group) is 1. The summed E-state index contributed by atoms with van der Waals surface area (Å²) < 4.78 is 85.4. The highest BCUT2D eigenvalue weighted by Gasteiger charge is 2.41. The van der Waals surface area contributed by atoms with Crippen LogP contribution in [0.3, 0.4) is 0 Å². The number of ether oxygens (including phenoxy) is 2. The smallest absolute Gasteiger partial charge is 0.320 e. The molecule has 0 aliphatic carbocycles. The molecule has 4 bridgehead atoms. The number of nitrogens with one attached hydrogen (secondary N) is 1. The molecule has 0 radical (unpaired) electrons. The van der Waals surface area contributed by atoms with Gasteiger partial charge in [-0.05, 0) is 43.7 Å². The molecule has 1 N–H and O–H groups in total. The van der Waals surface area contributed by atoms with Crippen molar-refractivity contribution in [2.75, 3.05) is 63.7 Å².